The van der Waals surface area contributed by atoms with Gasteiger partial charge in [0.25, 0.3) is 0 Å². The first-order valence-electron chi connectivity index (χ1n) is 9.10. The first-order chi connectivity index (χ1) is 13.1. The number of aryl methyl sites for hydroxylation is 1. The van der Waals surface area contributed by atoms with Gasteiger partial charge in [-0.25, -0.2) is 0 Å². The van der Waals surface area contributed by atoms with Crippen LogP contribution < -0.4 is 4.90 Å². The molecule has 0 radical (unpaired) electrons. The second kappa shape index (κ2) is 7.21. The maximum absolute atomic E-state index is 10.8. The molecule has 0 atom stereocenters. The lowest BCUT2D eigenvalue weighted by Crippen LogP contribution is -2.36. The summed E-state index contributed by atoms with van der Waals surface area (Å²) < 4.78 is 9.63. The minimum atomic E-state index is 0.173. The summed E-state index contributed by atoms with van der Waals surface area (Å²) in [5, 5.41) is 10.8. The third-order valence-electron chi connectivity index (χ3n) is 5.09. The second-order valence-electron chi connectivity index (χ2n) is 6.76. The molecule has 4 rings (SSSR count). The number of anilines is 1. The normalized spacial score (nSPS) is 14.5. The minimum Gasteiger partial charge on any atom is -0.493 e. The number of aromatic nitrogens is 2. The van der Waals surface area contributed by atoms with Gasteiger partial charge in [-0.3, -0.25) is 9.13 Å². The molecule has 2 aromatic carbocycles. The van der Waals surface area contributed by atoms with Gasteiger partial charge in [0, 0.05) is 24.5 Å². The van der Waals surface area contributed by atoms with Crippen LogP contribution in [0.15, 0.2) is 48.5 Å². The summed E-state index contributed by atoms with van der Waals surface area (Å²) in [6.07, 6.45) is 0. The van der Waals surface area contributed by atoms with Crippen molar-refractivity contribution in [1.82, 2.24) is 9.13 Å². The predicted molar refractivity (Wildman–Crippen MR) is 110 cm³/mol. The average Bonchev–Trinajstić information content (AvgIpc) is 2.92. The van der Waals surface area contributed by atoms with Crippen molar-refractivity contribution in [2.24, 2.45) is 0 Å². The number of rotatable bonds is 3. The smallest absolute Gasteiger partial charge is 0.218 e. The highest BCUT2D eigenvalue weighted by Gasteiger charge is 2.18. The van der Waals surface area contributed by atoms with Crippen LogP contribution in [0, 0.1) is 18.6 Å². The molecule has 1 aliphatic heterocycles. The highest BCUT2D eigenvalue weighted by molar-refractivity contribution is 7.71. The van der Waals surface area contributed by atoms with Gasteiger partial charge in [-0.05, 0) is 62.0 Å². The van der Waals surface area contributed by atoms with Crippen LogP contribution in [-0.2, 0) is 4.74 Å². The Kier molecular flexibility index (Phi) is 4.76. The van der Waals surface area contributed by atoms with Gasteiger partial charge in [-0.1, -0.05) is 18.2 Å². The van der Waals surface area contributed by atoms with E-state index in [1.54, 1.807) is 4.57 Å². The quantitative estimate of drug-likeness (QED) is 0.692. The fraction of sp³-hybridized carbons (Fsp3) is 0.286. The first kappa shape index (κ1) is 17.8. The van der Waals surface area contributed by atoms with E-state index in [0.717, 1.165) is 48.9 Å². The second-order valence-corrected chi connectivity index (χ2v) is 7.13. The third-order valence-corrected chi connectivity index (χ3v) is 5.46. The molecule has 1 aliphatic rings. The van der Waals surface area contributed by atoms with E-state index in [1.165, 1.54) is 5.69 Å². The molecule has 2 heterocycles. The molecular weight excluding hydrogens is 358 g/mol. The lowest BCUT2D eigenvalue weighted by atomic mass is 10.2. The molecule has 1 fully saturated rings. The number of aromatic hydroxyl groups is 1. The number of benzene rings is 2. The molecule has 3 aromatic rings. The summed E-state index contributed by atoms with van der Waals surface area (Å²) in [7, 11) is 0. The molecular formula is C21H23N3O2S. The Bertz CT molecular complexity index is 1010. The molecule has 140 valence electrons. The van der Waals surface area contributed by atoms with Crippen LogP contribution in [0.25, 0.3) is 11.4 Å². The fourth-order valence-corrected chi connectivity index (χ4v) is 3.99. The number of ether oxygens (including phenoxy) is 1. The lowest BCUT2D eigenvalue weighted by molar-refractivity contribution is 0.122. The summed E-state index contributed by atoms with van der Waals surface area (Å²) in [5.74, 6) is 0.173. The Labute approximate surface area is 164 Å². The number of para-hydroxylation sites is 1. The molecule has 5 nitrogen and oxygen atoms in total. The van der Waals surface area contributed by atoms with E-state index in [-0.39, 0.29) is 5.88 Å². The summed E-state index contributed by atoms with van der Waals surface area (Å²) in [5.41, 5.74) is 4.80. The van der Waals surface area contributed by atoms with Gasteiger partial charge >= 0.3 is 0 Å². The van der Waals surface area contributed by atoms with Crippen LogP contribution in [0.2, 0.25) is 0 Å². The number of morpholine rings is 1. The Morgan fingerprint density at radius 1 is 0.889 bits per heavy atom. The summed E-state index contributed by atoms with van der Waals surface area (Å²) in [4.78, 5) is 2.31. The van der Waals surface area contributed by atoms with E-state index in [0.29, 0.717) is 4.77 Å². The predicted octanol–water partition coefficient (Wildman–Crippen LogP) is 4.16. The molecule has 1 aromatic heterocycles. The maximum atomic E-state index is 10.8. The van der Waals surface area contributed by atoms with Crippen molar-refractivity contribution in [1.29, 1.82) is 0 Å². The number of imidazole rings is 1. The standard InChI is InChI=1S/C21H23N3O2S/c1-15-5-3-4-6-19(15)24-20(25)16(2)23(21(24)27)18-9-7-17(8-10-18)22-11-13-26-14-12-22/h3-10,25H,11-14H2,1-2H3. The van der Waals surface area contributed by atoms with Crippen molar-refractivity contribution in [3.05, 3.63) is 64.6 Å². The fourth-order valence-electron chi connectivity index (χ4n) is 3.57. The van der Waals surface area contributed by atoms with Gasteiger partial charge in [0.1, 0.15) is 0 Å². The zero-order valence-electron chi connectivity index (χ0n) is 15.6. The lowest BCUT2D eigenvalue weighted by Gasteiger charge is -2.29. The van der Waals surface area contributed by atoms with Gasteiger partial charge < -0.3 is 14.7 Å². The number of nitrogens with zero attached hydrogens (tertiary/aromatic N) is 3. The minimum absolute atomic E-state index is 0.173. The molecule has 0 unspecified atom stereocenters. The Hall–Kier alpha value is -2.57. The molecule has 0 bridgehead atoms. The number of hydrogen-bond acceptors (Lipinski definition) is 4. The van der Waals surface area contributed by atoms with Gasteiger partial charge in [-0.15, -0.1) is 0 Å². The van der Waals surface area contributed by atoms with Crippen LogP contribution in [0.5, 0.6) is 5.88 Å². The highest BCUT2D eigenvalue weighted by atomic mass is 32.1. The van der Waals surface area contributed by atoms with Crippen molar-refractivity contribution in [3.63, 3.8) is 0 Å². The molecule has 0 spiro atoms. The summed E-state index contributed by atoms with van der Waals surface area (Å²) >= 11 is 5.72. The maximum Gasteiger partial charge on any atom is 0.218 e. The van der Waals surface area contributed by atoms with Crippen molar-refractivity contribution in [2.75, 3.05) is 31.2 Å². The van der Waals surface area contributed by atoms with Gasteiger partial charge in [0.05, 0.1) is 24.6 Å². The molecule has 0 saturated carbocycles. The molecule has 0 amide bonds. The zero-order valence-corrected chi connectivity index (χ0v) is 16.4. The van der Waals surface area contributed by atoms with E-state index in [1.807, 2.05) is 42.7 Å². The van der Waals surface area contributed by atoms with Crippen molar-refractivity contribution < 1.29 is 9.84 Å². The van der Waals surface area contributed by atoms with Crippen LogP contribution >= 0.6 is 12.2 Å². The van der Waals surface area contributed by atoms with E-state index in [2.05, 4.69) is 29.2 Å². The average molecular weight is 382 g/mol. The van der Waals surface area contributed by atoms with Gasteiger partial charge in [0.15, 0.2) is 4.77 Å². The van der Waals surface area contributed by atoms with E-state index in [4.69, 9.17) is 17.0 Å². The highest BCUT2D eigenvalue weighted by Crippen LogP contribution is 2.29. The number of hydrogen-bond donors (Lipinski definition) is 1. The topological polar surface area (TPSA) is 42.6 Å². The largest absolute Gasteiger partial charge is 0.493 e. The van der Waals surface area contributed by atoms with Crippen molar-refractivity contribution in [3.8, 4) is 17.3 Å². The molecule has 6 heteroatoms. The van der Waals surface area contributed by atoms with Crippen molar-refractivity contribution in [2.45, 2.75) is 13.8 Å². The van der Waals surface area contributed by atoms with Gasteiger partial charge in [0.2, 0.25) is 5.88 Å². The molecule has 1 saturated heterocycles. The Balaban J connectivity index is 1.76. The molecule has 0 aliphatic carbocycles. The Morgan fingerprint density at radius 2 is 1.52 bits per heavy atom. The van der Waals surface area contributed by atoms with Crippen LogP contribution in [0.1, 0.15) is 11.3 Å². The first-order valence-corrected chi connectivity index (χ1v) is 9.51. The van der Waals surface area contributed by atoms with Crippen LogP contribution in [0.4, 0.5) is 5.69 Å². The summed E-state index contributed by atoms with van der Waals surface area (Å²) in [6.45, 7) is 7.23. The van der Waals surface area contributed by atoms with E-state index >= 15 is 0 Å². The van der Waals surface area contributed by atoms with Crippen LogP contribution in [-0.4, -0.2) is 40.5 Å². The van der Waals surface area contributed by atoms with Gasteiger partial charge in [-0.2, -0.15) is 0 Å². The Morgan fingerprint density at radius 3 is 2.19 bits per heavy atom. The molecule has 1 N–H and O–H groups in total. The monoisotopic (exact) mass is 381 g/mol. The van der Waals surface area contributed by atoms with Crippen LogP contribution in [0.3, 0.4) is 0 Å². The zero-order chi connectivity index (χ0) is 19.0. The van der Waals surface area contributed by atoms with Crippen molar-refractivity contribution >= 4 is 17.9 Å². The van der Waals surface area contributed by atoms with E-state index in [9.17, 15) is 5.11 Å². The SMILES string of the molecule is Cc1ccccc1-n1c(O)c(C)n(-c2ccc(N3CCOCC3)cc2)c1=S. The van der Waals surface area contributed by atoms with E-state index < -0.39 is 0 Å². The molecule has 27 heavy (non-hydrogen) atoms. The third kappa shape index (κ3) is 3.15. The summed E-state index contributed by atoms with van der Waals surface area (Å²) in [6, 6.07) is 16.2.